The molecule has 1 N–H and O–H groups in total. The highest BCUT2D eigenvalue weighted by molar-refractivity contribution is 7.74. The van der Waals surface area contributed by atoms with Gasteiger partial charge in [0.15, 0.2) is 0 Å². The van der Waals surface area contributed by atoms with Crippen molar-refractivity contribution in [3.05, 3.63) is 60.7 Å². The van der Waals surface area contributed by atoms with Crippen LogP contribution in [0.25, 0.3) is 0 Å². The summed E-state index contributed by atoms with van der Waals surface area (Å²) in [6.45, 7) is 0. The molecule has 0 spiro atoms. The monoisotopic (exact) mass is 247 g/mol. The van der Waals surface area contributed by atoms with Crippen LogP contribution in [-0.4, -0.2) is 7.05 Å². The minimum atomic E-state index is -3.04. The lowest BCUT2D eigenvalue weighted by Gasteiger charge is -2.17. The van der Waals surface area contributed by atoms with Crippen LogP contribution < -0.4 is 16.1 Å². The van der Waals surface area contributed by atoms with Gasteiger partial charge in [-0.05, 0) is 24.3 Å². The van der Waals surface area contributed by atoms with Crippen LogP contribution in [0.5, 0.6) is 0 Å². The van der Waals surface area contributed by atoms with Crippen LogP contribution in [0.4, 0.5) is 0 Å². The zero-order chi connectivity index (χ0) is 12.1. The summed E-state index contributed by atoms with van der Waals surface area (Å²) < 4.78 is 18.2. The molecule has 0 bridgehead atoms. The molecule has 0 amide bonds. The van der Waals surface area contributed by atoms with Crippen molar-refractivity contribution in [2.75, 3.05) is 7.05 Å². The van der Waals surface area contributed by atoms with E-state index in [1.807, 2.05) is 60.7 Å². The Kier molecular flexibility index (Phi) is 3.75. The first-order valence-electron chi connectivity index (χ1n) is 5.34. The first-order valence-corrected chi connectivity index (χ1v) is 6.96. The fraction of sp³-hybridized carbons (Fsp3) is 0.0769. The number of nitrogens with one attached hydrogen (secondary N) is 1. The van der Waals surface area contributed by atoms with E-state index in [2.05, 4.69) is 5.48 Å². The minimum Gasteiger partial charge on any atom is -0.281 e. The molecule has 0 aliphatic heterocycles. The van der Waals surface area contributed by atoms with Gasteiger partial charge in [-0.15, -0.1) is 0 Å². The number of rotatable bonds is 4. The van der Waals surface area contributed by atoms with Crippen LogP contribution in [0.3, 0.4) is 0 Å². The highest BCUT2D eigenvalue weighted by atomic mass is 31.2. The smallest absolute Gasteiger partial charge is 0.277 e. The van der Waals surface area contributed by atoms with E-state index >= 15 is 0 Å². The Hall–Kier alpha value is -1.41. The molecular weight excluding hydrogens is 233 g/mol. The molecule has 0 saturated carbocycles. The molecule has 0 atom stereocenters. The molecule has 2 aromatic rings. The fourth-order valence-electron chi connectivity index (χ4n) is 1.63. The standard InChI is InChI=1S/C13H14NO2P/c1-14-16-17(15,12-8-4-2-5-9-12)13-10-6-3-7-11-13/h2-11,14H,1H3. The Balaban J connectivity index is 2.51. The maximum absolute atomic E-state index is 12.9. The Labute approximate surface area is 101 Å². The average molecular weight is 247 g/mol. The van der Waals surface area contributed by atoms with Gasteiger partial charge in [0.2, 0.25) is 0 Å². The van der Waals surface area contributed by atoms with Crippen LogP contribution in [0, 0.1) is 0 Å². The van der Waals surface area contributed by atoms with Gasteiger partial charge in [-0.25, -0.2) is 4.62 Å². The number of benzene rings is 2. The van der Waals surface area contributed by atoms with Crippen molar-refractivity contribution in [3.63, 3.8) is 0 Å². The van der Waals surface area contributed by atoms with Gasteiger partial charge in [0, 0.05) is 17.7 Å². The van der Waals surface area contributed by atoms with E-state index < -0.39 is 7.37 Å². The van der Waals surface area contributed by atoms with Crippen molar-refractivity contribution in [2.45, 2.75) is 0 Å². The van der Waals surface area contributed by atoms with Crippen LogP contribution in [-0.2, 0) is 9.19 Å². The number of hydroxylamine groups is 1. The van der Waals surface area contributed by atoms with Crippen molar-refractivity contribution in [2.24, 2.45) is 0 Å². The summed E-state index contributed by atoms with van der Waals surface area (Å²) in [6, 6.07) is 18.4. The Morgan fingerprint density at radius 2 is 1.29 bits per heavy atom. The molecule has 3 nitrogen and oxygen atoms in total. The first kappa shape index (κ1) is 12.1. The van der Waals surface area contributed by atoms with E-state index in [9.17, 15) is 4.57 Å². The topological polar surface area (TPSA) is 38.3 Å². The van der Waals surface area contributed by atoms with Gasteiger partial charge < -0.3 is 0 Å². The predicted octanol–water partition coefficient (Wildman–Crippen LogP) is 2.07. The van der Waals surface area contributed by atoms with Crippen LogP contribution >= 0.6 is 7.37 Å². The van der Waals surface area contributed by atoms with Crippen molar-refractivity contribution in [1.29, 1.82) is 0 Å². The summed E-state index contributed by atoms with van der Waals surface area (Å²) in [5.41, 5.74) is 2.54. The van der Waals surface area contributed by atoms with Crippen molar-refractivity contribution < 1.29 is 9.19 Å². The van der Waals surface area contributed by atoms with Gasteiger partial charge in [-0.1, -0.05) is 36.4 Å². The molecule has 0 unspecified atom stereocenters. The van der Waals surface area contributed by atoms with Gasteiger partial charge in [0.1, 0.15) is 0 Å². The summed E-state index contributed by atoms with van der Waals surface area (Å²) in [4.78, 5) is 0. The second kappa shape index (κ2) is 5.28. The van der Waals surface area contributed by atoms with Gasteiger partial charge in [0.05, 0.1) is 0 Å². The summed E-state index contributed by atoms with van der Waals surface area (Å²) in [5, 5.41) is 1.36. The van der Waals surface area contributed by atoms with E-state index in [0.29, 0.717) is 10.6 Å². The zero-order valence-electron chi connectivity index (χ0n) is 9.54. The third-order valence-electron chi connectivity index (χ3n) is 2.41. The fourth-order valence-corrected chi connectivity index (χ4v) is 3.53. The summed E-state index contributed by atoms with van der Waals surface area (Å²) in [6.07, 6.45) is 0. The SMILES string of the molecule is CNOP(=O)(c1ccccc1)c1ccccc1. The second-order valence-corrected chi connectivity index (χ2v) is 5.84. The summed E-state index contributed by atoms with van der Waals surface area (Å²) >= 11 is 0. The molecule has 0 aliphatic rings. The number of hydrogen-bond donors (Lipinski definition) is 1. The molecule has 17 heavy (non-hydrogen) atoms. The first-order chi connectivity index (χ1) is 8.27. The van der Waals surface area contributed by atoms with Gasteiger partial charge in [-0.3, -0.25) is 4.57 Å². The van der Waals surface area contributed by atoms with Gasteiger partial charge in [0.25, 0.3) is 7.37 Å². The van der Waals surface area contributed by atoms with E-state index in [1.165, 1.54) is 0 Å². The minimum absolute atomic E-state index is 0.681. The van der Waals surface area contributed by atoms with Crippen molar-refractivity contribution >= 4 is 18.0 Å². The van der Waals surface area contributed by atoms with E-state index in [0.717, 1.165) is 0 Å². The van der Waals surface area contributed by atoms with Crippen molar-refractivity contribution in [3.8, 4) is 0 Å². The molecule has 0 heterocycles. The maximum atomic E-state index is 12.9. The molecule has 0 fully saturated rings. The maximum Gasteiger partial charge on any atom is 0.277 e. The highest BCUT2D eigenvalue weighted by Gasteiger charge is 2.28. The largest absolute Gasteiger partial charge is 0.281 e. The summed E-state index contributed by atoms with van der Waals surface area (Å²) in [7, 11) is -1.43. The number of hydrogen-bond acceptors (Lipinski definition) is 3. The predicted molar refractivity (Wildman–Crippen MR) is 69.9 cm³/mol. The van der Waals surface area contributed by atoms with Crippen molar-refractivity contribution in [1.82, 2.24) is 5.48 Å². The Morgan fingerprint density at radius 3 is 1.65 bits per heavy atom. The Morgan fingerprint density at radius 1 is 0.882 bits per heavy atom. The lowest BCUT2D eigenvalue weighted by molar-refractivity contribution is 0.236. The molecule has 0 aromatic heterocycles. The second-order valence-electron chi connectivity index (χ2n) is 3.52. The van der Waals surface area contributed by atoms with Gasteiger partial charge in [-0.2, -0.15) is 5.48 Å². The lowest BCUT2D eigenvalue weighted by atomic mass is 10.4. The Bertz CT molecular complexity index is 470. The molecule has 0 aliphatic carbocycles. The van der Waals surface area contributed by atoms with Gasteiger partial charge >= 0.3 is 0 Å². The lowest BCUT2D eigenvalue weighted by Crippen LogP contribution is -2.22. The highest BCUT2D eigenvalue weighted by Crippen LogP contribution is 2.42. The molecule has 0 saturated heterocycles. The quantitative estimate of drug-likeness (QED) is 0.664. The van der Waals surface area contributed by atoms with E-state index in [4.69, 9.17) is 4.62 Å². The van der Waals surface area contributed by atoms with Crippen LogP contribution in [0.15, 0.2) is 60.7 Å². The molecule has 2 rings (SSSR count). The molecular formula is C13H14NO2P. The van der Waals surface area contributed by atoms with Crippen LogP contribution in [0.1, 0.15) is 0 Å². The van der Waals surface area contributed by atoms with E-state index in [1.54, 1.807) is 7.05 Å². The average Bonchev–Trinajstić information content (AvgIpc) is 2.41. The summed E-state index contributed by atoms with van der Waals surface area (Å²) in [5.74, 6) is 0. The van der Waals surface area contributed by atoms with E-state index in [-0.39, 0.29) is 0 Å². The molecule has 2 aromatic carbocycles. The molecule has 0 radical (unpaired) electrons. The zero-order valence-corrected chi connectivity index (χ0v) is 10.4. The third kappa shape index (κ3) is 2.47. The molecule has 88 valence electrons. The normalized spacial score (nSPS) is 11.4. The molecule has 4 heteroatoms. The third-order valence-corrected chi connectivity index (χ3v) is 4.81. The van der Waals surface area contributed by atoms with Crippen LogP contribution in [0.2, 0.25) is 0 Å².